The number of ether oxygens (including phenoxy) is 1. The molecule has 2 N–H and O–H groups in total. The predicted octanol–water partition coefficient (Wildman–Crippen LogP) is 2.00. The highest BCUT2D eigenvalue weighted by molar-refractivity contribution is 5.89. The van der Waals surface area contributed by atoms with Gasteiger partial charge in [0.1, 0.15) is 11.9 Å². The summed E-state index contributed by atoms with van der Waals surface area (Å²) in [6.45, 7) is 0.686. The largest absolute Gasteiger partial charge is 0.465 e. The molecule has 7 nitrogen and oxygen atoms in total. The van der Waals surface area contributed by atoms with Gasteiger partial charge in [0.2, 0.25) is 0 Å². The Morgan fingerprint density at radius 3 is 2.58 bits per heavy atom. The zero-order valence-electron chi connectivity index (χ0n) is 13.0. The van der Waals surface area contributed by atoms with Crippen LogP contribution in [0, 0.1) is 5.82 Å². The van der Waals surface area contributed by atoms with Gasteiger partial charge < -0.3 is 19.8 Å². The highest BCUT2D eigenvalue weighted by Crippen LogP contribution is 2.32. The summed E-state index contributed by atoms with van der Waals surface area (Å²) in [5.41, 5.74) is 0.926. The fourth-order valence-corrected chi connectivity index (χ4v) is 3.22. The minimum atomic E-state index is -0.949. The number of aliphatic hydroxyl groups excluding tert-OH is 1. The van der Waals surface area contributed by atoms with E-state index in [0.717, 1.165) is 0 Å². The molecule has 130 valence electrons. The van der Waals surface area contributed by atoms with Crippen LogP contribution < -0.4 is 4.90 Å². The van der Waals surface area contributed by atoms with Crippen molar-refractivity contribution in [2.45, 2.75) is 24.9 Å². The average molecular weight is 338 g/mol. The summed E-state index contributed by atoms with van der Waals surface area (Å²) in [6.07, 6.45) is -1.01. The van der Waals surface area contributed by atoms with Crippen LogP contribution in [0.1, 0.15) is 24.3 Å². The Balaban J connectivity index is 1.72. The Bertz CT molecular complexity index is 645. The Labute approximate surface area is 138 Å². The molecule has 2 heterocycles. The zero-order valence-corrected chi connectivity index (χ0v) is 13.0. The minimum Gasteiger partial charge on any atom is -0.465 e. The van der Waals surface area contributed by atoms with Gasteiger partial charge in [-0.15, -0.1) is 0 Å². The first-order valence-corrected chi connectivity index (χ1v) is 7.86. The summed E-state index contributed by atoms with van der Waals surface area (Å²) in [4.78, 5) is 25.3. The van der Waals surface area contributed by atoms with Gasteiger partial charge >= 0.3 is 12.2 Å². The van der Waals surface area contributed by atoms with Crippen LogP contribution in [0.3, 0.4) is 0 Å². The number of rotatable bonds is 3. The first kappa shape index (κ1) is 16.5. The van der Waals surface area contributed by atoms with Gasteiger partial charge in [-0.3, -0.25) is 4.90 Å². The summed E-state index contributed by atoms with van der Waals surface area (Å²) in [7, 11) is 0. The number of hydrogen-bond acceptors (Lipinski definition) is 4. The van der Waals surface area contributed by atoms with E-state index >= 15 is 0 Å². The molecule has 2 saturated heterocycles. The summed E-state index contributed by atoms with van der Waals surface area (Å²) in [5, 5.41) is 18.0. The van der Waals surface area contributed by atoms with E-state index in [0.29, 0.717) is 37.2 Å². The Morgan fingerprint density at radius 1 is 1.33 bits per heavy atom. The van der Waals surface area contributed by atoms with Gasteiger partial charge in [0.15, 0.2) is 0 Å². The van der Waals surface area contributed by atoms with E-state index in [-0.39, 0.29) is 19.1 Å². The molecule has 1 atom stereocenters. The quantitative estimate of drug-likeness (QED) is 0.880. The number of halogens is 1. The van der Waals surface area contributed by atoms with Crippen molar-refractivity contribution in [2.75, 3.05) is 31.1 Å². The van der Waals surface area contributed by atoms with Gasteiger partial charge in [0.25, 0.3) is 0 Å². The maximum Gasteiger partial charge on any atom is 0.414 e. The van der Waals surface area contributed by atoms with Gasteiger partial charge in [0.05, 0.1) is 18.8 Å². The van der Waals surface area contributed by atoms with Gasteiger partial charge in [-0.1, -0.05) is 6.07 Å². The van der Waals surface area contributed by atoms with Crippen molar-refractivity contribution in [3.8, 4) is 0 Å². The van der Waals surface area contributed by atoms with Crippen LogP contribution in [0.2, 0.25) is 0 Å². The second kappa shape index (κ2) is 6.64. The molecular weight excluding hydrogens is 319 g/mol. The first-order valence-electron chi connectivity index (χ1n) is 7.86. The number of carbonyl (C=O) groups excluding carboxylic acids is 1. The van der Waals surface area contributed by atoms with E-state index in [1.165, 1.54) is 15.9 Å². The van der Waals surface area contributed by atoms with Crippen molar-refractivity contribution < 1.29 is 28.9 Å². The number of amides is 2. The van der Waals surface area contributed by atoms with E-state index in [9.17, 15) is 14.0 Å². The number of anilines is 1. The number of cyclic esters (lactones) is 1. The Hall–Kier alpha value is -2.35. The van der Waals surface area contributed by atoms with Gasteiger partial charge in [-0.25, -0.2) is 14.0 Å². The van der Waals surface area contributed by atoms with Crippen molar-refractivity contribution in [2.24, 2.45) is 0 Å². The number of hydrogen-bond donors (Lipinski definition) is 2. The van der Waals surface area contributed by atoms with Crippen LogP contribution in [0.25, 0.3) is 0 Å². The monoisotopic (exact) mass is 338 g/mol. The molecule has 2 fully saturated rings. The van der Waals surface area contributed by atoms with Crippen molar-refractivity contribution in [3.05, 3.63) is 29.6 Å². The van der Waals surface area contributed by atoms with Crippen molar-refractivity contribution >= 4 is 17.9 Å². The second-order valence-electron chi connectivity index (χ2n) is 6.05. The summed E-state index contributed by atoms with van der Waals surface area (Å²) in [5.74, 6) is -0.452. The number of nitrogens with zero attached hydrogens (tertiary/aromatic N) is 2. The zero-order chi connectivity index (χ0) is 17.3. The van der Waals surface area contributed by atoms with Crippen LogP contribution >= 0.6 is 0 Å². The number of piperidine rings is 1. The van der Waals surface area contributed by atoms with Crippen LogP contribution in [0.4, 0.5) is 19.7 Å². The number of aliphatic hydroxyl groups is 1. The molecule has 2 aliphatic heterocycles. The van der Waals surface area contributed by atoms with Gasteiger partial charge in [-0.2, -0.15) is 0 Å². The van der Waals surface area contributed by atoms with E-state index in [1.807, 2.05) is 0 Å². The van der Waals surface area contributed by atoms with Gasteiger partial charge in [0, 0.05) is 13.1 Å². The molecule has 0 bridgehead atoms. The number of carboxylic acid groups (broad SMARTS) is 1. The lowest BCUT2D eigenvalue weighted by molar-refractivity contribution is 0.0963. The molecule has 0 spiro atoms. The van der Waals surface area contributed by atoms with Crippen LogP contribution in [-0.4, -0.2) is 59.6 Å². The number of likely N-dealkylation sites (tertiary alicyclic amines) is 1. The van der Waals surface area contributed by atoms with E-state index in [2.05, 4.69) is 0 Å². The van der Waals surface area contributed by atoms with Crippen molar-refractivity contribution in [1.82, 2.24) is 4.90 Å². The summed E-state index contributed by atoms with van der Waals surface area (Å²) >= 11 is 0. The van der Waals surface area contributed by atoms with Crippen molar-refractivity contribution in [1.29, 1.82) is 0 Å². The molecule has 2 amide bonds. The topological polar surface area (TPSA) is 90.3 Å². The first-order chi connectivity index (χ1) is 11.5. The molecule has 8 heteroatoms. The Morgan fingerprint density at radius 2 is 2.04 bits per heavy atom. The number of carbonyl (C=O) groups is 2. The molecule has 3 rings (SSSR count). The Kier molecular flexibility index (Phi) is 4.57. The average Bonchev–Trinajstić information content (AvgIpc) is 2.96. The lowest BCUT2D eigenvalue weighted by Gasteiger charge is -2.30. The van der Waals surface area contributed by atoms with E-state index in [1.54, 1.807) is 12.1 Å². The molecule has 1 aromatic rings. The molecule has 0 saturated carbocycles. The lowest BCUT2D eigenvalue weighted by atomic mass is 9.89. The highest BCUT2D eigenvalue weighted by Gasteiger charge is 2.32. The summed E-state index contributed by atoms with van der Waals surface area (Å²) < 4.78 is 19.4. The smallest absolute Gasteiger partial charge is 0.414 e. The van der Waals surface area contributed by atoms with E-state index < -0.39 is 24.1 Å². The third-order valence-electron chi connectivity index (χ3n) is 4.58. The molecule has 0 aliphatic carbocycles. The normalized spacial score (nSPS) is 21.9. The third kappa shape index (κ3) is 3.14. The van der Waals surface area contributed by atoms with Crippen molar-refractivity contribution in [3.63, 3.8) is 0 Å². The minimum absolute atomic E-state index is 0.0367. The fraction of sp³-hybridized carbons (Fsp3) is 0.500. The van der Waals surface area contributed by atoms with Crippen LogP contribution in [-0.2, 0) is 4.74 Å². The van der Waals surface area contributed by atoms with Crippen LogP contribution in [0.15, 0.2) is 18.2 Å². The number of benzene rings is 1. The molecule has 0 aromatic heterocycles. The van der Waals surface area contributed by atoms with E-state index in [4.69, 9.17) is 14.9 Å². The van der Waals surface area contributed by atoms with Gasteiger partial charge in [-0.05, 0) is 36.5 Å². The maximum absolute atomic E-state index is 14.5. The molecule has 24 heavy (non-hydrogen) atoms. The standard InChI is InChI=1S/C16H19FN2O5/c17-14-7-11(19-8-12(9-20)24-16(19)23)1-2-13(14)10-3-5-18(6-4-10)15(21)22/h1-2,7,10,12,20H,3-6,8-9H2,(H,21,22). The predicted molar refractivity (Wildman–Crippen MR) is 82.7 cm³/mol. The molecule has 1 unspecified atom stereocenters. The van der Waals surface area contributed by atoms with Crippen LogP contribution in [0.5, 0.6) is 0 Å². The maximum atomic E-state index is 14.5. The molecular formula is C16H19FN2O5. The molecule has 2 aliphatic rings. The fourth-order valence-electron chi connectivity index (χ4n) is 3.22. The third-order valence-corrected chi connectivity index (χ3v) is 4.58. The molecule has 0 radical (unpaired) electrons. The second-order valence-corrected chi connectivity index (χ2v) is 6.05. The lowest BCUT2D eigenvalue weighted by Crippen LogP contribution is -2.37. The SMILES string of the molecule is O=C(O)N1CCC(c2ccc(N3CC(CO)OC3=O)cc2F)CC1. The highest BCUT2D eigenvalue weighted by atomic mass is 19.1. The summed E-state index contributed by atoms with van der Waals surface area (Å²) in [6, 6.07) is 4.59. The molecule has 1 aromatic carbocycles.